The topological polar surface area (TPSA) is 52.6 Å². The van der Waals surface area contributed by atoms with Crippen LogP contribution in [-0.4, -0.2) is 24.1 Å². The first-order chi connectivity index (χ1) is 11.6. The molecule has 4 unspecified atom stereocenters. The van der Waals surface area contributed by atoms with Crippen LogP contribution >= 0.6 is 0 Å². The zero-order valence-corrected chi connectivity index (χ0v) is 14.4. The Morgan fingerprint density at radius 1 is 1.25 bits per heavy atom. The van der Waals surface area contributed by atoms with Gasteiger partial charge in [-0.3, -0.25) is 0 Å². The van der Waals surface area contributed by atoms with Gasteiger partial charge < -0.3 is 9.47 Å². The molecule has 4 heteroatoms. The van der Waals surface area contributed by atoms with Crippen LogP contribution in [0.15, 0.2) is 23.8 Å². The van der Waals surface area contributed by atoms with Crippen molar-refractivity contribution in [1.82, 2.24) is 0 Å². The van der Waals surface area contributed by atoms with E-state index < -0.39 is 11.9 Å². The Morgan fingerprint density at radius 3 is 2.62 bits per heavy atom. The Balaban J connectivity index is 1.58. The standard InChI is InChI=1S/C20H26O4/c1-3-17(21)23-11-18(22)24-20(14-6-4-5-7-14)15-8-12(2)19-13(9-15)10-16(19)20/h3,13-16H,1,4-11H2,2H3. The van der Waals surface area contributed by atoms with E-state index in [0.29, 0.717) is 17.8 Å². The summed E-state index contributed by atoms with van der Waals surface area (Å²) in [7, 11) is 0. The van der Waals surface area contributed by atoms with Gasteiger partial charge in [0, 0.05) is 17.9 Å². The molecule has 0 aromatic rings. The third kappa shape index (κ3) is 2.18. The summed E-state index contributed by atoms with van der Waals surface area (Å²) in [6.45, 7) is 5.31. The molecule has 4 atom stereocenters. The van der Waals surface area contributed by atoms with E-state index >= 15 is 0 Å². The molecule has 0 heterocycles. The largest absolute Gasteiger partial charge is 0.455 e. The van der Waals surface area contributed by atoms with Crippen molar-refractivity contribution >= 4 is 11.9 Å². The molecule has 24 heavy (non-hydrogen) atoms. The smallest absolute Gasteiger partial charge is 0.344 e. The first-order valence-electron chi connectivity index (χ1n) is 9.26. The maximum atomic E-state index is 12.5. The molecule has 3 fully saturated rings. The highest BCUT2D eigenvalue weighted by Gasteiger charge is 2.66. The molecule has 4 nitrogen and oxygen atoms in total. The zero-order chi connectivity index (χ0) is 16.9. The second-order valence-corrected chi connectivity index (χ2v) is 7.98. The van der Waals surface area contributed by atoms with Crippen LogP contribution in [0.2, 0.25) is 0 Å². The number of ether oxygens (including phenoxy) is 2. The van der Waals surface area contributed by atoms with E-state index in [1.807, 2.05) is 0 Å². The second-order valence-electron chi connectivity index (χ2n) is 7.98. The minimum absolute atomic E-state index is 0.305. The van der Waals surface area contributed by atoms with Crippen LogP contribution in [0.1, 0.15) is 51.9 Å². The summed E-state index contributed by atoms with van der Waals surface area (Å²) in [5, 5.41) is 0. The molecule has 3 saturated carbocycles. The Hall–Kier alpha value is -1.58. The molecule has 0 aliphatic heterocycles. The number of allylic oxidation sites excluding steroid dienone is 1. The lowest BCUT2D eigenvalue weighted by Gasteiger charge is -2.65. The van der Waals surface area contributed by atoms with Gasteiger partial charge in [-0.25, -0.2) is 9.59 Å². The van der Waals surface area contributed by atoms with E-state index in [4.69, 9.17) is 9.47 Å². The van der Waals surface area contributed by atoms with Crippen LogP contribution in [-0.2, 0) is 19.1 Å². The van der Waals surface area contributed by atoms with Gasteiger partial charge in [0.25, 0.3) is 0 Å². The molecular formula is C20H26O4. The van der Waals surface area contributed by atoms with E-state index in [0.717, 1.165) is 31.3 Å². The number of esters is 2. The van der Waals surface area contributed by atoms with Gasteiger partial charge in [-0.05, 0) is 50.9 Å². The van der Waals surface area contributed by atoms with Crippen LogP contribution in [0.4, 0.5) is 0 Å². The SMILES string of the molecule is C=CC(=O)OCC(=O)OC1(C2CCCC2)C2CC(C)=C3C(C2)CC31. The van der Waals surface area contributed by atoms with Crippen LogP contribution in [0.25, 0.3) is 0 Å². The number of carbonyl (C=O) groups excluding carboxylic acids is 2. The van der Waals surface area contributed by atoms with Crippen LogP contribution in [0, 0.1) is 23.7 Å². The molecule has 0 aromatic carbocycles. The molecule has 5 aliphatic carbocycles. The van der Waals surface area contributed by atoms with Crippen LogP contribution in [0.5, 0.6) is 0 Å². The first-order valence-corrected chi connectivity index (χ1v) is 9.26. The van der Waals surface area contributed by atoms with Gasteiger partial charge in [-0.1, -0.05) is 30.6 Å². The van der Waals surface area contributed by atoms with Gasteiger partial charge in [0.15, 0.2) is 6.61 Å². The molecular weight excluding hydrogens is 304 g/mol. The number of carbonyl (C=O) groups is 2. The molecule has 0 saturated heterocycles. The Bertz CT molecular complexity index is 613. The minimum atomic E-state index is -0.575. The Kier molecular flexibility index (Phi) is 3.81. The molecule has 5 rings (SSSR count). The van der Waals surface area contributed by atoms with E-state index in [-0.39, 0.29) is 12.2 Å². The second kappa shape index (κ2) is 5.75. The lowest BCUT2D eigenvalue weighted by atomic mass is 9.42. The zero-order valence-electron chi connectivity index (χ0n) is 14.4. The fourth-order valence-corrected chi connectivity index (χ4v) is 6.15. The van der Waals surface area contributed by atoms with Gasteiger partial charge in [0.2, 0.25) is 0 Å². The maximum absolute atomic E-state index is 12.5. The van der Waals surface area contributed by atoms with Crippen molar-refractivity contribution in [3.05, 3.63) is 23.8 Å². The molecule has 0 radical (unpaired) electrons. The lowest BCUT2D eigenvalue weighted by Crippen LogP contribution is -2.65. The highest BCUT2D eigenvalue weighted by atomic mass is 16.6. The third-order valence-corrected chi connectivity index (χ3v) is 6.92. The van der Waals surface area contributed by atoms with Crippen molar-refractivity contribution in [3.8, 4) is 0 Å². The van der Waals surface area contributed by atoms with Crippen molar-refractivity contribution in [3.63, 3.8) is 0 Å². The fourth-order valence-electron chi connectivity index (χ4n) is 6.15. The number of rotatable bonds is 5. The third-order valence-electron chi connectivity index (χ3n) is 6.92. The van der Waals surface area contributed by atoms with Crippen molar-refractivity contribution < 1.29 is 19.1 Å². The molecule has 0 aromatic heterocycles. The van der Waals surface area contributed by atoms with Gasteiger partial charge in [-0.2, -0.15) is 0 Å². The van der Waals surface area contributed by atoms with Gasteiger partial charge in [-0.15, -0.1) is 0 Å². The summed E-state index contributed by atoms with van der Waals surface area (Å²) in [4.78, 5) is 23.7. The first kappa shape index (κ1) is 15.9. The summed E-state index contributed by atoms with van der Waals surface area (Å²) in [6.07, 6.45) is 9.25. The molecule has 130 valence electrons. The highest BCUT2D eigenvalue weighted by Crippen LogP contribution is 2.68. The van der Waals surface area contributed by atoms with Crippen molar-refractivity contribution in [1.29, 1.82) is 0 Å². The summed E-state index contributed by atoms with van der Waals surface area (Å²) in [5.74, 6) is 1.09. The van der Waals surface area contributed by atoms with Crippen LogP contribution < -0.4 is 0 Å². The summed E-state index contributed by atoms with van der Waals surface area (Å²) in [5.41, 5.74) is 2.79. The Morgan fingerprint density at radius 2 is 2.00 bits per heavy atom. The molecule has 5 aliphatic rings. The molecule has 0 spiro atoms. The normalized spacial score (nSPS) is 37.1. The predicted octanol–water partition coefficient (Wildman–Crippen LogP) is 3.56. The van der Waals surface area contributed by atoms with Crippen molar-refractivity contribution in [2.24, 2.45) is 23.7 Å². The lowest BCUT2D eigenvalue weighted by molar-refractivity contribution is -0.215. The van der Waals surface area contributed by atoms with E-state index in [1.54, 1.807) is 5.57 Å². The quantitative estimate of drug-likeness (QED) is 0.439. The number of hydrogen-bond acceptors (Lipinski definition) is 4. The maximum Gasteiger partial charge on any atom is 0.344 e. The summed E-state index contributed by atoms with van der Waals surface area (Å²) >= 11 is 0. The minimum Gasteiger partial charge on any atom is -0.455 e. The molecule has 0 N–H and O–H groups in total. The number of fused-ring (bicyclic) bond motifs is 1. The predicted molar refractivity (Wildman–Crippen MR) is 89.0 cm³/mol. The average molecular weight is 330 g/mol. The average Bonchev–Trinajstić information content (AvgIpc) is 3.07. The Labute approximate surface area is 143 Å². The van der Waals surface area contributed by atoms with E-state index in [9.17, 15) is 9.59 Å². The number of hydrogen-bond donors (Lipinski definition) is 0. The summed E-state index contributed by atoms with van der Waals surface area (Å²) in [6, 6.07) is 0. The van der Waals surface area contributed by atoms with E-state index in [2.05, 4.69) is 13.5 Å². The summed E-state index contributed by atoms with van der Waals surface area (Å²) < 4.78 is 11.1. The van der Waals surface area contributed by atoms with Crippen molar-refractivity contribution in [2.45, 2.75) is 57.5 Å². The van der Waals surface area contributed by atoms with Gasteiger partial charge >= 0.3 is 11.9 Å². The monoisotopic (exact) mass is 330 g/mol. The molecule has 4 bridgehead atoms. The fraction of sp³-hybridized carbons (Fsp3) is 0.700. The van der Waals surface area contributed by atoms with Crippen LogP contribution in [0.3, 0.4) is 0 Å². The van der Waals surface area contributed by atoms with Crippen molar-refractivity contribution in [2.75, 3.05) is 6.61 Å². The van der Waals surface area contributed by atoms with Gasteiger partial charge in [0.1, 0.15) is 5.60 Å². The van der Waals surface area contributed by atoms with E-state index in [1.165, 1.54) is 31.3 Å². The molecule has 0 amide bonds. The van der Waals surface area contributed by atoms with Gasteiger partial charge in [0.05, 0.1) is 0 Å². The highest BCUT2D eigenvalue weighted by molar-refractivity contribution is 5.83.